The number of nitrogens with zero attached hydrogens (tertiary/aromatic N) is 3. The first-order chi connectivity index (χ1) is 10.8. The Hall–Kier alpha value is -1.80. The molecule has 134 valence electrons. The molecule has 1 heterocycles. The Morgan fingerprint density at radius 3 is 2.33 bits per heavy atom. The van der Waals surface area contributed by atoms with Crippen LogP contribution in [0.5, 0.6) is 5.75 Å². The van der Waals surface area contributed by atoms with Crippen LogP contribution in [0.1, 0.15) is 31.4 Å². The lowest BCUT2D eigenvalue weighted by Gasteiger charge is -2.36. The number of guanidine groups is 2. The molecule has 0 radical (unpaired) electrons. The molecular weight excluding hydrogens is 374 g/mol. The second-order valence-electron chi connectivity index (χ2n) is 5.98. The first-order valence-corrected chi connectivity index (χ1v) is 7.63. The quantitative estimate of drug-likeness (QED) is 0.714. The lowest BCUT2D eigenvalue weighted by Crippen LogP contribution is -2.53. The third kappa shape index (κ3) is 4.85. The molecule has 7 nitrogen and oxygen atoms in total. The summed E-state index contributed by atoms with van der Waals surface area (Å²) in [5, 5.41) is 1.47. The number of aryl methyl sites for hydroxylation is 2. The highest BCUT2D eigenvalue weighted by Gasteiger charge is 2.32. The molecule has 1 aliphatic heterocycles. The van der Waals surface area contributed by atoms with E-state index in [-0.39, 0.29) is 28.9 Å². The van der Waals surface area contributed by atoms with Crippen LogP contribution in [-0.4, -0.2) is 35.9 Å². The van der Waals surface area contributed by atoms with Gasteiger partial charge < -0.3 is 16.2 Å². The summed E-state index contributed by atoms with van der Waals surface area (Å²) in [6.07, 6.45) is 0.715. The molecule has 1 aromatic carbocycles. The average molecular weight is 400 g/mol. The number of hydrogen-bond acceptors (Lipinski definition) is 7. The Bertz CT molecular complexity index is 611. The minimum Gasteiger partial charge on any atom is -0.493 e. The van der Waals surface area contributed by atoms with Gasteiger partial charge in [-0.2, -0.15) is 10.1 Å². The summed E-state index contributed by atoms with van der Waals surface area (Å²) in [6.45, 7) is 8.79. The van der Waals surface area contributed by atoms with Crippen LogP contribution in [0, 0.1) is 13.8 Å². The zero-order chi connectivity index (χ0) is 17.0. The fourth-order valence-corrected chi connectivity index (χ4v) is 2.43. The van der Waals surface area contributed by atoms with Crippen molar-refractivity contribution in [2.24, 2.45) is 21.5 Å². The number of hydrogen-bond donors (Lipinski definition) is 2. The molecule has 4 N–H and O–H groups in total. The number of rotatable bonds is 6. The van der Waals surface area contributed by atoms with E-state index in [1.165, 1.54) is 5.06 Å². The first-order valence-electron chi connectivity index (χ1n) is 7.63. The molecule has 0 bridgehead atoms. The maximum Gasteiger partial charge on any atom is 0.226 e. The maximum atomic E-state index is 5.85. The van der Waals surface area contributed by atoms with Gasteiger partial charge in [-0.15, -0.1) is 17.0 Å². The SMILES string of the molecule is Br.Cc1cccc(C)c1OCCCON1C(N)=NC(N)=NC1(C)C. The van der Waals surface area contributed by atoms with Gasteiger partial charge in [-0.05, 0) is 38.8 Å². The minimum absolute atomic E-state index is 0. The van der Waals surface area contributed by atoms with Crippen molar-refractivity contribution in [3.8, 4) is 5.75 Å². The van der Waals surface area contributed by atoms with Crippen LogP contribution in [-0.2, 0) is 4.84 Å². The van der Waals surface area contributed by atoms with E-state index in [1.807, 2.05) is 45.9 Å². The van der Waals surface area contributed by atoms with Crippen molar-refractivity contribution in [1.29, 1.82) is 0 Å². The van der Waals surface area contributed by atoms with Gasteiger partial charge in [0, 0.05) is 6.42 Å². The molecule has 0 saturated carbocycles. The maximum absolute atomic E-state index is 5.85. The highest BCUT2D eigenvalue weighted by molar-refractivity contribution is 8.93. The predicted octanol–water partition coefficient (Wildman–Crippen LogP) is 2.26. The van der Waals surface area contributed by atoms with E-state index >= 15 is 0 Å². The van der Waals surface area contributed by atoms with E-state index in [9.17, 15) is 0 Å². The zero-order valence-corrected chi connectivity index (χ0v) is 16.3. The molecule has 0 fully saturated rings. The van der Waals surface area contributed by atoms with E-state index in [2.05, 4.69) is 9.98 Å². The summed E-state index contributed by atoms with van der Waals surface area (Å²) >= 11 is 0. The first kappa shape index (κ1) is 20.2. The van der Waals surface area contributed by atoms with Crippen LogP contribution >= 0.6 is 17.0 Å². The van der Waals surface area contributed by atoms with Crippen molar-refractivity contribution in [3.05, 3.63) is 29.3 Å². The van der Waals surface area contributed by atoms with Crippen LogP contribution < -0.4 is 16.2 Å². The third-order valence-corrected chi connectivity index (χ3v) is 3.49. The van der Waals surface area contributed by atoms with E-state index in [1.54, 1.807) is 0 Å². The third-order valence-electron chi connectivity index (χ3n) is 3.49. The van der Waals surface area contributed by atoms with Crippen LogP contribution in [0.15, 0.2) is 28.2 Å². The van der Waals surface area contributed by atoms with Gasteiger partial charge in [0.05, 0.1) is 13.2 Å². The number of hydroxylamine groups is 2. The minimum atomic E-state index is -0.677. The van der Waals surface area contributed by atoms with Crippen molar-refractivity contribution < 1.29 is 9.57 Å². The summed E-state index contributed by atoms with van der Waals surface area (Å²) in [5.74, 6) is 1.30. The van der Waals surface area contributed by atoms with Gasteiger partial charge in [0.15, 0.2) is 5.66 Å². The molecule has 8 heteroatoms. The topological polar surface area (TPSA) is 98.5 Å². The summed E-state index contributed by atoms with van der Waals surface area (Å²) in [4.78, 5) is 13.8. The molecule has 0 aromatic heterocycles. The zero-order valence-electron chi connectivity index (χ0n) is 14.6. The van der Waals surface area contributed by atoms with Gasteiger partial charge in [-0.1, -0.05) is 18.2 Å². The van der Waals surface area contributed by atoms with Crippen LogP contribution in [0.4, 0.5) is 0 Å². The van der Waals surface area contributed by atoms with Gasteiger partial charge in [0.2, 0.25) is 11.9 Å². The molecule has 0 amide bonds. The van der Waals surface area contributed by atoms with Crippen molar-refractivity contribution >= 4 is 28.9 Å². The summed E-state index contributed by atoms with van der Waals surface area (Å²) < 4.78 is 5.85. The number of benzene rings is 1. The smallest absolute Gasteiger partial charge is 0.226 e. The normalized spacial score (nSPS) is 16.1. The van der Waals surface area contributed by atoms with E-state index in [0.29, 0.717) is 19.6 Å². The van der Waals surface area contributed by atoms with Crippen molar-refractivity contribution in [1.82, 2.24) is 5.06 Å². The Morgan fingerprint density at radius 1 is 1.12 bits per heavy atom. The molecule has 0 aliphatic carbocycles. The fourth-order valence-electron chi connectivity index (χ4n) is 2.43. The predicted molar refractivity (Wildman–Crippen MR) is 101 cm³/mol. The molecule has 1 aromatic rings. The molecule has 0 spiro atoms. The summed E-state index contributed by atoms with van der Waals surface area (Å²) in [5.41, 5.74) is 13.0. The van der Waals surface area contributed by atoms with Gasteiger partial charge in [0.25, 0.3) is 0 Å². The lowest BCUT2D eigenvalue weighted by atomic mass is 10.1. The number of para-hydroxylation sites is 1. The molecular formula is C16H26BrN5O2. The van der Waals surface area contributed by atoms with E-state index < -0.39 is 5.66 Å². The Labute approximate surface area is 153 Å². The van der Waals surface area contributed by atoms with Crippen LogP contribution in [0.2, 0.25) is 0 Å². The second-order valence-corrected chi connectivity index (χ2v) is 5.98. The van der Waals surface area contributed by atoms with Crippen molar-refractivity contribution in [3.63, 3.8) is 0 Å². The summed E-state index contributed by atoms with van der Waals surface area (Å²) in [6, 6.07) is 6.09. The Kier molecular flexibility index (Phi) is 7.04. The van der Waals surface area contributed by atoms with Crippen molar-refractivity contribution in [2.75, 3.05) is 13.2 Å². The second kappa shape index (κ2) is 8.34. The molecule has 24 heavy (non-hydrogen) atoms. The molecule has 0 saturated heterocycles. The molecule has 0 atom stereocenters. The number of nitrogens with two attached hydrogens (primary N) is 2. The molecule has 1 aliphatic rings. The van der Waals surface area contributed by atoms with Gasteiger partial charge >= 0.3 is 0 Å². The Balaban J connectivity index is 0.00000288. The summed E-state index contributed by atoms with van der Waals surface area (Å²) in [7, 11) is 0. The van der Waals surface area contributed by atoms with Gasteiger partial charge in [-0.3, -0.25) is 4.84 Å². The van der Waals surface area contributed by atoms with Crippen LogP contribution in [0.25, 0.3) is 0 Å². The van der Waals surface area contributed by atoms with Crippen LogP contribution in [0.3, 0.4) is 0 Å². The lowest BCUT2D eigenvalue weighted by molar-refractivity contribution is -0.158. The largest absolute Gasteiger partial charge is 0.493 e. The highest BCUT2D eigenvalue weighted by Crippen LogP contribution is 2.23. The monoisotopic (exact) mass is 399 g/mol. The van der Waals surface area contributed by atoms with Gasteiger partial charge in [0.1, 0.15) is 5.75 Å². The van der Waals surface area contributed by atoms with Gasteiger partial charge in [-0.25, -0.2) is 4.99 Å². The number of aliphatic imine (C=N–C) groups is 2. The standard InChI is InChI=1S/C16H25N5O2.BrH/c1-11-7-5-8-12(2)13(11)22-9-6-10-23-21-15(18)19-14(17)20-16(21,3)4;/h5,7-8H,6,9-10H2,1-4H3,(H4,17,18,19,20);1H. The fraction of sp³-hybridized carbons (Fsp3) is 0.500. The van der Waals surface area contributed by atoms with E-state index in [4.69, 9.17) is 21.0 Å². The Morgan fingerprint density at radius 2 is 1.75 bits per heavy atom. The number of ether oxygens (including phenoxy) is 1. The van der Waals surface area contributed by atoms with Crippen molar-refractivity contribution in [2.45, 2.75) is 39.8 Å². The molecule has 2 rings (SSSR count). The number of halogens is 1. The highest BCUT2D eigenvalue weighted by atomic mass is 79.9. The molecule has 0 unspecified atom stereocenters. The average Bonchev–Trinajstić information content (AvgIpc) is 2.42. The van der Waals surface area contributed by atoms with E-state index in [0.717, 1.165) is 16.9 Å².